The van der Waals surface area contributed by atoms with Gasteiger partial charge in [0.1, 0.15) is 11.3 Å². The molecule has 1 aliphatic rings. The third-order valence-corrected chi connectivity index (χ3v) is 3.29. The van der Waals surface area contributed by atoms with Gasteiger partial charge in [-0.15, -0.1) is 11.3 Å². The summed E-state index contributed by atoms with van der Waals surface area (Å²) in [6.45, 7) is 2.88. The van der Waals surface area contributed by atoms with Crippen molar-refractivity contribution in [2.45, 2.75) is 18.9 Å². The number of aromatic nitrogens is 1. The van der Waals surface area contributed by atoms with Crippen LogP contribution in [0.25, 0.3) is 0 Å². The first-order chi connectivity index (χ1) is 7.59. The van der Waals surface area contributed by atoms with Crippen LogP contribution in [0.2, 0.25) is 0 Å². The van der Waals surface area contributed by atoms with E-state index in [9.17, 15) is 9.90 Å². The number of thiazole rings is 1. The average Bonchev–Trinajstić information content (AvgIpc) is 2.85. The fourth-order valence-electron chi connectivity index (χ4n) is 1.54. The minimum Gasteiger partial charge on any atom is -0.386 e. The number of carbonyl (C=O) groups is 1. The summed E-state index contributed by atoms with van der Waals surface area (Å²) >= 11 is 1.43. The second kappa shape index (κ2) is 4.48. The Morgan fingerprint density at radius 2 is 2.62 bits per heavy atom. The molecule has 16 heavy (non-hydrogen) atoms. The summed E-state index contributed by atoms with van der Waals surface area (Å²) in [6.07, 6.45) is 0.559. The molecular weight excluding hydrogens is 228 g/mol. The van der Waals surface area contributed by atoms with Gasteiger partial charge in [-0.1, -0.05) is 0 Å². The first kappa shape index (κ1) is 11.5. The zero-order valence-corrected chi connectivity index (χ0v) is 9.84. The molecule has 1 fully saturated rings. The molecule has 1 aliphatic heterocycles. The van der Waals surface area contributed by atoms with E-state index in [1.165, 1.54) is 11.3 Å². The molecule has 1 amide bonds. The molecule has 1 aromatic rings. The first-order valence-electron chi connectivity index (χ1n) is 5.10. The molecule has 0 bridgehead atoms. The molecule has 1 atom stereocenters. The van der Waals surface area contributed by atoms with Gasteiger partial charge in [-0.3, -0.25) is 4.79 Å². The topological polar surface area (TPSA) is 71.5 Å². The van der Waals surface area contributed by atoms with E-state index in [0.717, 1.165) is 5.01 Å². The summed E-state index contributed by atoms with van der Waals surface area (Å²) in [4.78, 5) is 15.7. The van der Waals surface area contributed by atoms with Crippen molar-refractivity contribution in [2.24, 2.45) is 0 Å². The smallest absolute Gasteiger partial charge is 0.270 e. The SMILES string of the molecule is Cc1nc(C(=O)NCC2(O)CCOC2)cs1. The van der Waals surface area contributed by atoms with Crippen molar-refractivity contribution in [3.8, 4) is 0 Å². The third kappa shape index (κ3) is 2.58. The molecule has 1 saturated heterocycles. The molecular formula is C10H14N2O3S. The van der Waals surface area contributed by atoms with Crippen molar-refractivity contribution in [1.82, 2.24) is 10.3 Å². The predicted octanol–water partition coefficient (Wildman–Crippen LogP) is 0.333. The van der Waals surface area contributed by atoms with E-state index in [0.29, 0.717) is 18.7 Å². The Morgan fingerprint density at radius 3 is 3.19 bits per heavy atom. The summed E-state index contributed by atoms with van der Waals surface area (Å²) in [5.74, 6) is -0.246. The second-order valence-corrected chi connectivity index (χ2v) is 5.02. The van der Waals surface area contributed by atoms with Crippen molar-refractivity contribution in [2.75, 3.05) is 19.8 Å². The van der Waals surface area contributed by atoms with E-state index in [2.05, 4.69) is 10.3 Å². The van der Waals surface area contributed by atoms with Gasteiger partial charge in [0.15, 0.2) is 0 Å². The zero-order chi connectivity index (χ0) is 11.6. The number of ether oxygens (including phenoxy) is 1. The van der Waals surface area contributed by atoms with Gasteiger partial charge in [-0.25, -0.2) is 4.98 Å². The van der Waals surface area contributed by atoms with Gasteiger partial charge in [0.25, 0.3) is 5.91 Å². The highest BCUT2D eigenvalue weighted by Gasteiger charge is 2.32. The van der Waals surface area contributed by atoms with Crippen LogP contribution >= 0.6 is 11.3 Å². The Hall–Kier alpha value is -0.980. The van der Waals surface area contributed by atoms with E-state index in [1.807, 2.05) is 6.92 Å². The van der Waals surface area contributed by atoms with E-state index >= 15 is 0 Å². The molecule has 0 aliphatic carbocycles. The van der Waals surface area contributed by atoms with E-state index in [1.54, 1.807) is 5.38 Å². The highest BCUT2D eigenvalue weighted by atomic mass is 32.1. The molecule has 2 N–H and O–H groups in total. The summed E-state index contributed by atoms with van der Waals surface area (Å²) in [5.41, 5.74) is -0.509. The van der Waals surface area contributed by atoms with Crippen LogP contribution in [-0.4, -0.2) is 41.4 Å². The number of hydrogen-bond acceptors (Lipinski definition) is 5. The molecule has 0 aromatic carbocycles. The summed E-state index contributed by atoms with van der Waals surface area (Å²) in [6, 6.07) is 0. The molecule has 5 nitrogen and oxygen atoms in total. The van der Waals surface area contributed by atoms with Crippen LogP contribution in [0.5, 0.6) is 0 Å². The number of hydrogen-bond donors (Lipinski definition) is 2. The lowest BCUT2D eigenvalue weighted by molar-refractivity contribution is 0.0264. The van der Waals surface area contributed by atoms with Gasteiger partial charge in [-0.2, -0.15) is 0 Å². The Bertz CT molecular complexity index is 385. The lowest BCUT2D eigenvalue weighted by atomic mass is 10.0. The molecule has 6 heteroatoms. The molecule has 2 heterocycles. The third-order valence-electron chi connectivity index (χ3n) is 2.51. The lowest BCUT2D eigenvalue weighted by Crippen LogP contribution is -2.43. The Labute approximate surface area is 97.5 Å². The van der Waals surface area contributed by atoms with Gasteiger partial charge in [0, 0.05) is 25.0 Å². The molecule has 1 aromatic heterocycles. The molecule has 88 valence electrons. The van der Waals surface area contributed by atoms with Gasteiger partial charge >= 0.3 is 0 Å². The maximum atomic E-state index is 11.6. The van der Waals surface area contributed by atoms with Crippen LogP contribution in [0.1, 0.15) is 21.9 Å². The minimum absolute atomic E-state index is 0.211. The summed E-state index contributed by atoms with van der Waals surface area (Å²) in [7, 11) is 0. The Morgan fingerprint density at radius 1 is 1.81 bits per heavy atom. The number of aryl methyl sites for hydroxylation is 1. The first-order valence-corrected chi connectivity index (χ1v) is 5.97. The molecule has 0 radical (unpaired) electrons. The quantitative estimate of drug-likeness (QED) is 0.801. The Kier molecular flexibility index (Phi) is 3.22. The largest absolute Gasteiger partial charge is 0.386 e. The fraction of sp³-hybridized carbons (Fsp3) is 0.600. The number of rotatable bonds is 3. The zero-order valence-electron chi connectivity index (χ0n) is 9.02. The molecule has 0 saturated carbocycles. The van der Waals surface area contributed by atoms with Crippen molar-refractivity contribution in [3.63, 3.8) is 0 Å². The number of amides is 1. The summed E-state index contributed by atoms with van der Waals surface area (Å²) in [5, 5.41) is 15.2. The van der Waals surface area contributed by atoms with Crippen molar-refractivity contribution in [1.29, 1.82) is 0 Å². The van der Waals surface area contributed by atoms with Crippen LogP contribution in [0.4, 0.5) is 0 Å². The van der Waals surface area contributed by atoms with Crippen LogP contribution in [0.3, 0.4) is 0 Å². The number of carbonyl (C=O) groups excluding carboxylic acids is 1. The number of aliphatic hydroxyl groups is 1. The maximum Gasteiger partial charge on any atom is 0.270 e. The molecule has 0 spiro atoms. The van der Waals surface area contributed by atoms with E-state index in [-0.39, 0.29) is 19.1 Å². The maximum absolute atomic E-state index is 11.6. The van der Waals surface area contributed by atoms with Crippen LogP contribution < -0.4 is 5.32 Å². The number of nitrogens with zero attached hydrogens (tertiary/aromatic N) is 1. The van der Waals surface area contributed by atoms with Gasteiger partial charge in [0.05, 0.1) is 11.6 Å². The van der Waals surface area contributed by atoms with Crippen LogP contribution in [-0.2, 0) is 4.74 Å². The van der Waals surface area contributed by atoms with Crippen molar-refractivity contribution >= 4 is 17.2 Å². The lowest BCUT2D eigenvalue weighted by Gasteiger charge is -2.20. The number of nitrogens with one attached hydrogen (secondary N) is 1. The highest BCUT2D eigenvalue weighted by molar-refractivity contribution is 7.09. The van der Waals surface area contributed by atoms with Gasteiger partial charge in [-0.05, 0) is 6.92 Å². The predicted molar refractivity (Wildman–Crippen MR) is 59.6 cm³/mol. The normalized spacial score (nSPS) is 24.6. The van der Waals surface area contributed by atoms with Crippen LogP contribution in [0.15, 0.2) is 5.38 Å². The summed E-state index contributed by atoms with van der Waals surface area (Å²) < 4.78 is 5.09. The molecule has 2 rings (SSSR count). The Balaban J connectivity index is 1.88. The standard InChI is InChI=1S/C10H14N2O3S/c1-7-12-8(4-16-7)9(13)11-5-10(14)2-3-15-6-10/h4,14H,2-3,5-6H2,1H3,(H,11,13). The second-order valence-electron chi connectivity index (χ2n) is 3.96. The molecule has 1 unspecified atom stereocenters. The fourth-order valence-corrected chi connectivity index (χ4v) is 2.13. The van der Waals surface area contributed by atoms with Crippen molar-refractivity contribution < 1.29 is 14.6 Å². The van der Waals surface area contributed by atoms with E-state index in [4.69, 9.17) is 4.74 Å². The van der Waals surface area contributed by atoms with Crippen molar-refractivity contribution in [3.05, 3.63) is 16.1 Å². The highest BCUT2D eigenvalue weighted by Crippen LogP contribution is 2.17. The monoisotopic (exact) mass is 242 g/mol. The average molecular weight is 242 g/mol. The van der Waals surface area contributed by atoms with Gasteiger partial charge < -0.3 is 15.2 Å². The minimum atomic E-state index is -0.916. The van der Waals surface area contributed by atoms with E-state index < -0.39 is 5.60 Å². The van der Waals surface area contributed by atoms with Crippen LogP contribution in [0, 0.1) is 6.92 Å². The van der Waals surface area contributed by atoms with Gasteiger partial charge in [0.2, 0.25) is 0 Å².